The van der Waals surface area contributed by atoms with Gasteiger partial charge in [0.1, 0.15) is 11.5 Å². The van der Waals surface area contributed by atoms with Crippen molar-refractivity contribution in [3.8, 4) is 11.5 Å². The molecule has 0 saturated heterocycles. The van der Waals surface area contributed by atoms with Crippen molar-refractivity contribution in [3.05, 3.63) is 81.6 Å². The number of benzene rings is 2. The molecule has 0 radical (unpaired) electrons. The van der Waals surface area contributed by atoms with E-state index in [1.165, 1.54) is 21.3 Å². The predicted molar refractivity (Wildman–Crippen MR) is 122 cm³/mol. The highest BCUT2D eigenvalue weighted by molar-refractivity contribution is 9.10. The lowest BCUT2D eigenvalue weighted by molar-refractivity contribution is -0.137. The van der Waals surface area contributed by atoms with E-state index in [1.807, 2.05) is 36.4 Å². The van der Waals surface area contributed by atoms with Gasteiger partial charge in [-0.3, -0.25) is 0 Å². The number of hydrogen-bond acceptors (Lipinski definition) is 7. The van der Waals surface area contributed by atoms with Crippen LogP contribution in [0.1, 0.15) is 17.0 Å². The minimum absolute atomic E-state index is 0.292. The van der Waals surface area contributed by atoms with Crippen molar-refractivity contribution in [2.75, 3.05) is 28.4 Å². The quantitative estimate of drug-likeness (QED) is 0.526. The lowest BCUT2D eigenvalue weighted by Crippen LogP contribution is -2.28. The lowest BCUT2D eigenvalue weighted by atomic mass is 9.82. The highest BCUT2D eigenvalue weighted by atomic mass is 79.9. The fraction of sp³-hybridized carbons (Fsp3) is 0.250. The van der Waals surface area contributed by atoms with Crippen LogP contribution in [0.25, 0.3) is 0 Å². The van der Waals surface area contributed by atoms with Gasteiger partial charge in [0, 0.05) is 29.0 Å². The number of esters is 2. The van der Waals surface area contributed by atoms with E-state index in [0.717, 1.165) is 15.8 Å². The Balaban J connectivity index is 2.11. The van der Waals surface area contributed by atoms with Crippen LogP contribution in [0.3, 0.4) is 0 Å². The van der Waals surface area contributed by atoms with Crippen LogP contribution in [0.4, 0.5) is 0 Å². The van der Waals surface area contributed by atoms with E-state index in [9.17, 15) is 9.59 Å². The Hall–Kier alpha value is -3.26. The molecule has 0 aliphatic carbocycles. The van der Waals surface area contributed by atoms with Gasteiger partial charge in [0.2, 0.25) is 0 Å². The molecule has 1 aliphatic heterocycles. The highest BCUT2D eigenvalue weighted by Gasteiger charge is 2.37. The topological polar surface area (TPSA) is 74.3 Å². The average Bonchev–Trinajstić information content (AvgIpc) is 2.82. The molecule has 1 heterocycles. The summed E-state index contributed by atoms with van der Waals surface area (Å²) in [6.45, 7) is 0.424. The summed E-state index contributed by atoms with van der Waals surface area (Å²) < 4.78 is 21.6. The Kier molecular flexibility index (Phi) is 7.58. The zero-order valence-corrected chi connectivity index (χ0v) is 19.8. The van der Waals surface area contributed by atoms with Gasteiger partial charge in [0.05, 0.1) is 45.5 Å². The normalized spacial score (nSPS) is 13.7. The van der Waals surface area contributed by atoms with Crippen molar-refractivity contribution in [1.82, 2.24) is 4.90 Å². The van der Waals surface area contributed by atoms with Crippen LogP contribution in [0.5, 0.6) is 11.5 Å². The second-order valence-corrected chi connectivity index (χ2v) is 7.91. The van der Waals surface area contributed by atoms with Crippen LogP contribution in [0, 0.1) is 0 Å². The van der Waals surface area contributed by atoms with Crippen molar-refractivity contribution in [3.63, 3.8) is 0 Å². The van der Waals surface area contributed by atoms with Gasteiger partial charge >= 0.3 is 11.9 Å². The Bertz CT molecular complexity index is 1030. The molecule has 0 bridgehead atoms. The van der Waals surface area contributed by atoms with Gasteiger partial charge in [-0.2, -0.15) is 0 Å². The van der Waals surface area contributed by atoms with Gasteiger partial charge in [-0.1, -0.05) is 28.1 Å². The highest BCUT2D eigenvalue weighted by Crippen LogP contribution is 2.42. The van der Waals surface area contributed by atoms with E-state index in [2.05, 4.69) is 15.9 Å². The third-order valence-corrected chi connectivity index (χ3v) is 5.59. The lowest BCUT2D eigenvalue weighted by Gasteiger charge is -2.31. The van der Waals surface area contributed by atoms with E-state index in [4.69, 9.17) is 18.9 Å². The van der Waals surface area contributed by atoms with Crippen LogP contribution in [-0.4, -0.2) is 45.3 Å². The first-order valence-corrected chi connectivity index (χ1v) is 10.5. The summed E-state index contributed by atoms with van der Waals surface area (Å²) in [4.78, 5) is 27.4. The van der Waals surface area contributed by atoms with Gasteiger partial charge < -0.3 is 23.8 Å². The second-order valence-electron chi connectivity index (χ2n) is 6.99. The molecule has 0 N–H and O–H groups in total. The minimum atomic E-state index is -0.727. The molecule has 7 nitrogen and oxygen atoms in total. The van der Waals surface area contributed by atoms with Crippen LogP contribution in [0.15, 0.2) is 70.5 Å². The molecule has 0 aromatic heterocycles. The van der Waals surface area contributed by atoms with Gasteiger partial charge in [-0.25, -0.2) is 9.59 Å². The molecule has 0 unspecified atom stereocenters. The Morgan fingerprint density at radius 2 is 1.47 bits per heavy atom. The van der Waals surface area contributed by atoms with Crippen LogP contribution < -0.4 is 9.47 Å². The maximum atomic E-state index is 12.8. The smallest absolute Gasteiger partial charge is 0.336 e. The monoisotopic (exact) mass is 501 g/mol. The summed E-state index contributed by atoms with van der Waals surface area (Å²) in [5.41, 5.74) is 2.19. The molecule has 32 heavy (non-hydrogen) atoms. The molecule has 168 valence electrons. The van der Waals surface area contributed by atoms with Gasteiger partial charge in [0.15, 0.2) is 0 Å². The molecule has 1 aliphatic rings. The molecular formula is C24H24BrNO6. The van der Waals surface area contributed by atoms with E-state index < -0.39 is 17.9 Å². The number of carbonyl (C=O) groups is 2. The van der Waals surface area contributed by atoms with Crippen molar-refractivity contribution in [1.29, 1.82) is 0 Å². The van der Waals surface area contributed by atoms with Crippen LogP contribution in [0.2, 0.25) is 0 Å². The summed E-state index contributed by atoms with van der Waals surface area (Å²) in [7, 11) is 5.76. The zero-order valence-electron chi connectivity index (χ0n) is 18.3. The molecule has 2 aromatic carbocycles. The molecule has 3 rings (SSSR count). The minimum Gasteiger partial charge on any atom is -0.497 e. The average molecular weight is 502 g/mol. The number of carbonyl (C=O) groups excluding carboxylic acids is 2. The maximum absolute atomic E-state index is 12.8. The summed E-state index contributed by atoms with van der Waals surface area (Å²) in [6.07, 6.45) is 3.38. The molecule has 0 amide bonds. The first kappa shape index (κ1) is 23.4. The van der Waals surface area contributed by atoms with Crippen molar-refractivity contribution >= 4 is 27.9 Å². The number of nitrogens with zero attached hydrogens (tertiary/aromatic N) is 1. The molecule has 0 atom stereocenters. The third-order valence-electron chi connectivity index (χ3n) is 5.10. The Labute approximate surface area is 195 Å². The summed E-state index contributed by atoms with van der Waals surface area (Å²) in [6, 6.07) is 12.9. The maximum Gasteiger partial charge on any atom is 0.336 e. The van der Waals surface area contributed by atoms with E-state index in [0.29, 0.717) is 29.0 Å². The fourth-order valence-electron chi connectivity index (χ4n) is 3.59. The molecule has 0 fully saturated rings. The molecule has 8 heteroatoms. The SMILES string of the molecule is COC(=O)C1=CN(Cc2ccc(OC)cc2)C=C(C(=O)OC)C1c1cc(Br)ccc1OC. The standard InChI is InChI=1S/C24H24BrNO6/c1-29-17-8-5-15(6-9-17)12-26-13-19(23(27)31-3)22(20(14-26)24(28)32-4)18-11-16(25)7-10-21(18)30-2/h5-11,13-14,22H,12H2,1-4H3. The second kappa shape index (κ2) is 10.4. The molecule has 0 spiro atoms. The number of ether oxygens (including phenoxy) is 4. The largest absolute Gasteiger partial charge is 0.497 e. The zero-order chi connectivity index (χ0) is 23.3. The Morgan fingerprint density at radius 3 is 1.97 bits per heavy atom. The van der Waals surface area contributed by atoms with Crippen molar-refractivity contribution in [2.45, 2.75) is 12.5 Å². The number of methoxy groups -OCH3 is 4. The fourth-order valence-corrected chi connectivity index (χ4v) is 3.97. The summed E-state index contributed by atoms with van der Waals surface area (Å²) >= 11 is 3.46. The van der Waals surface area contributed by atoms with Crippen molar-refractivity contribution < 1.29 is 28.5 Å². The van der Waals surface area contributed by atoms with E-state index in [-0.39, 0.29) is 0 Å². The number of halogens is 1. The van der Waals surface area contributed by atoms with Gasteiger partial charge in [0.25, 0.3) is 0 Å². The number of rotatable bonds is 7. The van der Waals surface area contributed by atoms with Crippen LogP contribution in [-0.2, 0) is 25.6 Å². The first-order valence-electron chi connectivity index (χ1n) is 9.74. The van der Waals surface area contributed by atoms with E-state index in [1.54, 1.807) is 30.5 Å². The third kappa shape index (κ3) is 4.96. The predicted octanol–water partition coefficient (Wildman–Crippen LogP) is 4.18. The van der Waals surface area contributed by atoms with Gasteiger partial charge in [-0.05, 0) is 35.9 Å². The van der Waals surface area contributed by atoms with E-state index >= 15 is 0 Å². The number of hydrogen-bond donors (Lipinski definition) is 0. The molecule has 0 saturated carbocycles. The Morgan fingerprint density at radius 1 is 0.875 bits per heavy atom. The molecular weight excluding hydrogens is 478 g/mol. The summed E-state index contributed by atoms with van der Waals surface area (Å²) in [5, 5.41) is 0. The van der Waals surface area contributed by atoms with Gasteiger partial charge in [-0.15, -0.1) is 0 Å². The summed E-state index contributed by atoms with van der Waals surface area (Å²) in [5.74, 6) is -0.552. The first-order chi connectivity index (χ1) is 15.4. The van der Waals surface area contributed by atoms with Crippen molar-refractivity contribution in [2.24, 2.45) is 0 Å². The van der Waals surface area contributed by atoms with Crippen LogP contribution >= 0.6 is 15.9 Å². The molecule has 2 aromatic rings.